The molecule has 0 amide bonds. The molecule has 0 fully saturated rings. The molecule has 0 saturated carbocycles. The second-order valence-electron chi connectivity index (χ2n) is 6.17. The van der Waals surface area contributed by atoms with Crippen LogP contribution in [0.3, 0.4) is 0 Å². The molecule has 1 aromatic carbocycles. The fourth-order valence-corrected chi connectivity index (χ4v) is 3.66. The number of anilines is 2. The number of esters is 1. The van der Waals surface area contributed by atoms with Gasteiger partial charge in [-0.05, 0) is 19.1 Å². The van der Waals surface area contributed by atoms with Gasteiger partial charge < -0.3 is 15.4 Å². The Balaban J connectivity index is 1.72. The zero-order chi connectivity index (χ0) is 20.5. The first-order valence-corrected chi connectivity index (χ1v) is 9.70. The average molecular weight is 405 g/mol. The monoisotopic (exact) mass is 405 g/mol. The molecule has 2 aromatic rings. The first kappa shape index (κ1) is 19.5. The highest BCUT2D eigenvalue weighted by atomic mass is 32.2. The summed E-state index contributed by atoms with van der Waals surface area (Å²) in [5.41, 5.74) is 6.03. The summed E-state index contributed by atoms with van der Waals surface area (Å²) in [6, 6.07) is 5.43. The number of nitrogens with zero attached hydrogens (tertiary/aromatic N) is 5. The highest BCUT2D eigenvalue weighted by Gasteiger charge is 2.31. The topological polar surface area (TPSA) is 153 Å². The Hall–Kier alpha value is -3.28. The minimum Gasteiger partial charge on any atom is -0.456 e. The van der Waals surface area contributed by atoms with Gasteiger partial charge in [-0.2, -0.15) is 15.0 Å². The van der Waals surface area contributed by atoms with Crippen molar-refractivity contribution in [3.05, 3.63) is 35.7 Å². The van der Waals surface area contributed by atoms with Gasteiger partial charge in [0.1, 0.15) is 11.9 Å². The van der Waals surface area contributed by atoms with Gasteiger partial charge in [0.2, 0.25) is 11.9 Å². The van der Waals surface area contributed by atoms with E-state index in [4.69, 9.17) is 10.5 Å². The Bertz CT molecular complexity index is 1050. The highest BCUT2D eigenvalue weighted by molar-refractivity contribution is 7.90. The number of ether oxygens (including phenoxy) is 1. The van der Waals surface area contributed by atoms with E-state index in [1.165, 1.54) is 13.0 Å². The fraction of sp³-hybridized carbons (Fsp3) is 0.312. The largest absolute Gasteiger partial charge is 0.456 e. The van der Waals surface area contributed by atoms with Crippen LogP contribution in [0.2, 0.25) is 0 Å². The van der Waals surface area contributed by atoms with Crippen molar-refractivity contribution in [1.82, 2.24) is 19.7 Å². The molecule has 3 rings (SSSR count). The number of nitrogens with two attached hydrogens (primary N) is 1. The molecule has 3 N–H and O–H groups in total. The summed E-state index contributed by atoms with van der Waals surface area (Å²) < 4.78 is 31.7. The van der Waals surface area contributed by atoms with E-state index in [1.54, 1.807) is 37.2 Å². The van der Waals surface area contributed by atoms with Crippen molar-refractivity contribution in [3.63, 3.8) is 0 Å². The van der Waals surface area contributed by atoms with Gasteiger partial charge in [0.25, 0.3) is 10.0 Å². The summed E-state index contributed by atoms with van der Waals surface area (Å²) in [5, 5.41) is 0. The third kappa shape index (κ3) is 4.01. The van der Waals surface area contributed by atoms with Crippen LogP contribution in [0.25, 0.3) is 0 Å². The number of aliphatic imine (C=N–C) groups is 1. The molecule has 0 bridgehead atoms. The number of benzene rings is 1. The van der Waals surface area contributed by atoms with Crippen LogP contribution >= 0.6 is 0 Å². The predicted octanol–water partition coefficient (Wildman–Crippen LogP) is -0.310. The summed E-state index contributed by atoms with van der Waals surface area (Å²) in [4.78, 5) is 30.2. The third-order valence-electron chi connectivity index (χ3n) is 3.76. The van der Waals surface area contributed by atoms with E-state index in [2.05, 4.69) is 24.7 Å². The Kier molecular flexibility index (Phi) is 5.14. The molecule has 12 heteroatoms. The summed E-state index contributed by atoms with van der Waals surface area (Å²) in [6.07, 6.45) is 0. The van der Waals surface area contributed by atoms with E-state index in [0.717, 1.165) is 0 Å². The van der Waals surface area contributed by atoms with E-state index in [-0.39, 0.29) is 29.1 Å². The second-order valence-corrected chi connectivity index (χ2v) is 7.82. The van der Waals surface area contributed by atoms with Crippen LogP contribution in [0.4, 0.5) is 11.9 Å². The molecule has 1 aliphatic rings. The number of nitrogen functional groups attached to an aromatic ring is 1. The maximum Gasteiger partial charge on any atom is 0.331 e. The molecule has 0 radical (unpaired) electrons. The Morgan fingerprint density at radius 2 is 2.00 bits per heavy atom. The van der Waals surface area contributed by atoms with Crippen LogP contribution < -0.4 is 15.4 Å². The van der Waals surface area contributed by atoms with Gasteiger partial charge in [0.05, 0.1) is 4.90 Å². The van der Waals surface area contributed by atoms with Crippen LogP contribution in [0, 0.1) is 0 Å². The number of nitrogens with one attached hydrogen (secondary N) is 1. The summed E-state index contributed by atoms with van der Waals surface area (Å²) >= 11 is 0. The Morgan fingerprint density at radius 1 is 1.29 bits per heavy atom. The van der Waals surface area contributed by atoms with E-state index < -0.39 is 22.0 Å². The number of aromatic nitrogens is 3. The zero-order valence-corrected chi connectivity index (χ0v) is 16.3. The minimum absolute atomic E-state index is 0.00927. The first-order valence-electron chi connectivity index (χ1n) is 8.22. The van der Waals surface area contributed by atoms with Crippen molar-refractivity contribution in [3.8, 4) is 0 Å². The molecule has 0 spiro atoms. The Labute approximate surface area is 161 Å². The molecule has 1 aliphatic heterocycles. The second kappa shape index (κ2) is 7.38. The molecular weight excluding hydrogens is 386 g/mol. The van der Waals surface area contributed by atoms with Gasteiger partial charge in [0, 0.05) is 19.7 Å². The van der Waals surface area contributed by atoms with Gasteiger partial charge in [0.15, 0.2) is 12.4 Å². The number of carbonyl (C=O) groups excluding carboxylic acids is 1. The summed E-state index contributed by atoms with van der Waals surface area (Å²) in [6.45, 7) is 1.28. The van der Waals surface area contributed by atoms with Crippen LogP contribution in [-0.4, -0.2) is 55.3 Å². The number of fused-ring (bicyclic) bond motifs is 1. The number of hydrogen-bond acceptors (Lipinski definition) is 10. The molecule has 11 nitrogen and oxygen atoms in total. The lowest BCUT2D eigenvalue weighted by atomic mass is 10.2. The van der Waals surface area contributed by atoms with Gasteiger partial charge in [-0.3, -0.25) is 9.71 Å². The zero-order valence-electron chi connectivity index (χ0n) is 15.4. The lowest BCUT2D eigenvalue weighted by Gasteiger charge is -2.12. The molecule has 2 heterocycles. The van der Waals surface area contributed by atoms with Gasteiger partial charge in [-0.25, -0.2) is 13.2 Å². The van der Waals surface area contributed by atoms with Gasteiger partial charge in [-0.1, -0.05) is 12.1 Å². The number of rotatable bonds is 5. The van der Waals surface area contributed by atoms with E-state index >= 15 is 0 Å². The normalized spacial score (nSPS) is 16.9. The molecule has 0 saturated heterocycles. The van der Waals surface area contributed by atoms with Crippen LogP contribution in [0.5, 0.6) is 0 Å². The molecule has 28 heavy (non-hydrogen) atoms. The van der Waals surface area contributed by atoms with Crippen molar-refractivity contribution in [2.75, 3.05) is 24.7 Å². The molecule has 0 aliphatic carbocycles. The maximum atomic E-state index is 12.3. The standard InChI is InChI=1S/C16H19N7O4S/c1-9(18-13-10-6-4-5-7-11(10)28(25,26)22-13)14(24)27-8-12-19-15(17)21-16(20-12)23(2)3/h4-7,9H,8H2,1-3H3,(H,18,22)(H2,17,19,20,21)/t9-/m0/s1. The molecular formula is C16H19N7O4S. The molecule has 1 aromatic heterocycles. The van der Waals surface area contributed by atoms with Crippen LogP contribution in [0.1, 0.15) is 18.3 Å². The lowest BCUT2D eigenvalue weighted by Crippen LogP contribution is -2.27. The fourth-order valence-electron chi connectivity index (χ4n) is 2.42. The number of hydrogen-bond donors (Lipinski definition) is 2. The predicted molar refractivity (Wildman–Crippen MR) is 101 cm³/mol. The van der Waals surface area contributed by atoms with E-state index in [0.29, 0.717) is 11.5 Å². The maximum absolute atomic E-state index is 12.3. The number of amidine groups is 1. The number of carbonyl (C=O) groups is 1. The smallest absolute Gasteiger partial charge is 0.331 e. The summed E-state index contributed by atoms with van der Waals surface area (Å²) in [5.74, 6) is -0.0315. The summed E-state index contributed by atoms with van der Waals surface area (Å²) in [7, 11) is -0.199. The SMILES string of the molecule is C[C@H](N=C1NS(=O)(=O)c2ccccc21)C(=O)OCc1nc(N)nc(N(C)C)n1. The molecule has 0 unspecified atom stereocenters. The van der Waals surface area contributed by atoms with Crippen LogP contribution in [-0.2, 0) is 26.2 Å². The van der Waals surface area contributed by atoms with Crippen molar-refractivity contribution < 1.29 is 17.9 Å². The quantitative estimate of drug-likeness (QED) is 0.638. The average Bonchev–Trinajstić information content (AvgIpc) is 2.89. The van der Waals surface area contributed by atoms with Gasteiger partial charge in [-0.15, -0.1) is 0 Å². The Morgan fingerprint density at radius 3 is 2.71 bits per heavy atom. The van der Waals surface area contributed by atoms with Crippen molar-refractivity contribution in [1.29, 1.82) is 0 Å². The van der Waals surface area contributed by atoms with E-state index in [9.17, 15) is 13.2 Å². The third-order valence-corrected chi connectivity index (χ3v) is 5.15. The first-order chi connectivity index (χ1) is 13.2. The highest BCUT2D eigenvalue weighted by Crippen LogP contribution is 2.22. The van der Waals surface area contributed by atoms with Gasteiger partial charge >= 0.3 is 5.97 Å². The van der Waals surface area contributed by atoms with Crippen molar-refractivity contribution in [2.45, 2.75) is 24.5 Å². The molecule has 148 valence electrons. The number of sulfonamides is 1. The van der Waals surface area contributed by atoms with Crippen molar-refractivity contribution in [2.24, 2.45) is 4.99 Å². The lowest BCUT2D eigenvalue weighted by molar-refractivity contribution is -0.146. The molecule has 1 atom stereocenters. The minimum atomic E-state index is -3.68. The van der Waals surface area contributed by atoms with Crippen LogP contribution in [0.15, 0.2) is 34.2 Å². The van der Waals surface area contributed by atoms with E-state index in [1.807, 2.05) is 0 Å². The van der Waals surface area contributed by atoms with Crippen molar-refractivity contribution >= 4 is 33.7 Å².